The van der Waals surface area contributed by atoms with Gasteiger partial charge in [0, 0.05) is 15.5 Å². The van der Waals surface area contributed by atoms with Crippen molar-refractivity contribution in [1.82, 2.24) is 0 Å². The van der Waals surface area contributed by atoms with E-state index in [4.69, 9.17) is 11.6 Å². The Kier molecular flexibility index (Phi) is 4.79. The first kappa shape index (κ1) is 15.2. The number of allylic oxidation sites excluding steroid dienone is 1. The molecular formula is C16H13ClOS3. The number of carbonyl (C=O) groups is 1. The van der Waals surface area contributed by atoms with E-state index in [2.05, 4.69) is 18.4 Å². The Hall–Kier alpha value is -0.680. The van der Waals surface area contributed by atoms with Crippen LogP contribution in [0.5, 0.6) is 0 Å². The molecule has 1 aromatic heterocycles. The quantitative estimate of drug-likeness (QED) is 0.629. The lowest BCUT2D eigenvalue weighted by Gasteiger charge is -2.08. The van der Waals surface area contributed by atoms with Crippen LogP contribution in [-0.2, 0) is 6.42 Å². The third kappa shape index (κ3) is 3.24. The Morgan fingerprint density at radius 2 is 2.05 bits per heavy atom. The molecule has 0 bridgehead atoms. The van der Waals surface area contributed by atoms with Crippen LogP contribution in [0.15, 0.2) is 39.4 Å². The molecule has 21 heavy (non-hydrogen) atoms. The fourth-order valence-corrected chi connectivity index (χ4v) is 5.25. The molecule has 0 aliphatic heterocycles. The van der Waals surface area contributed by atoms with Crippen LogP contribution in [0.25, 0.3) is 6.08 Å². The van der Waals surface area contributed by atoms with Gasteiger partial charge in [-0.05, 0) is 60.7 Å². The van der Waals surface area contributed by atoms with Gasteiger partial charge in [-0.2, -0.15) is 0 Å². The molecule has 1 aliphatic carbocycles. The number of rotatable bonds is 3. The summed E-state index contributed by atoms with van der Waals surface area (Å²) in [6.07, 6.45) is 8.39. The second kappa shape index (κ2) is 6.61. The third-order valence-corrected chi connectivity index (χ3v) is 6.91. The van der Waals surface area contributed by atoms with Gasteiger partial charge < -0.3 is 0 Å². The molecule has 5 heteroatoms. The fourth-order valence-electron chi connectivity index (χ4n) is 2.27. The number of hydrogen-bond donors (Lipinski definition) is 0. The minimum Gasteiger partial charge on any atom is -0.280 e. The van der Waals surface area contributed by atoms with Crippen molar-refractivity contribution >= 4 is 57.7 Å². The summed E-state index contributed by atoms with van der Waals surface area (Å²) in [5.41, 5.74) is 2.47. The second-order valence-corrected chi connectivity index (χ2v) is 8.18. The van der Waals surface area contributed by atoms with Crippen LogP contribution in [0.1, 0.15) is 27.2 Å². The first-order valence-electron chi connectivity index (χ1n) is 6.53. The van der Waals surface area contributed by atoms with Crippen LogP contribution in [0.2, 0.25) is 5.02 Å². The molecule has 0 atom stereocenters. The molecule has 1 aromatic carbocycles. The molecule has 1 aliphatic rings. The van der Waals surface area contributed by atoms with E-state index >= 15 is 0 Å². The van der Waals surface area contributed by atoms with Gasteiger partial charge >= 0.3 is 0 Å². The average Bonchev–Trinajstić information content (AvgIpc) is 2.88. The monoisotopic (exact) mass is 352 g/mol. The minimum absolute atomic E-state index is 0.133. The highest BCUT2D eigenvalue weighted by Gasteiger charge is 2.22. The van der Waals surface area contributed by atoms with E-state index in [1.807, 2.05) is 24.3 Å². The van der Waals surface area contributed by atoms with Gasteiger partial charge in [-0.3, -0.25) is 4.79 Å². The first-order valence-corrected chi connectivity index (χ1v) is 9.76. The van der Waals surface area contributed by atoms with Crippen LogP contribution in [0.3, 0.4) is 0 Å². The number of halogens is 1. The molecule has 0 saturated carbocycles. The number of thioether (sulfide) groups is 2. The van der Waals surface area contributed by atoms with Crippen molar-refractivity contribution in [3.63, 3.8) is 0 Å². The van der Waals surface area contributed by atoms with E-state index in [1.54, 1.807) is 23.1 Å². The van der Waals surface area contributed by atoms with Crippen molar-refractivity contribution in [2.75, 3.05) is 6.26 Å². The van der Waals surface area contributed by atoms with Crippen LogP contribution >= 0.6 is 46.5 Å². The molecule has 0 radical (unpaired) electrons. The highest BCUT2D eigenvalue weighted by atomic mass is 35.5. The average molecular weight is 353 g/mol. The van der Waals surface area contributed by atoms with E-state index in [0.29, 0.717) is 5.02 Å². The van der Waals surface area contributed by atoms with Gasteiger partial charge in [-0.25, -0.2) is 0 Å². The highest BCUT2D eigenvalue weighted by Crippen LogP contribution is 2.41. The van der Waals surface area contributed by atoms with Crippen molar-refractivity contribution in [3.05, 3.63) is 51.4 Å². The molecule has 0 fully saturated rings. The lowest BCUT2D eigenvalue weighted by molar-refractivity contribution is 0.109. The van der Waals surface area contributed by atoms with Crippen LogP contribution in [0.4, 0.5) is 0 Å². The highest BCUT2D eigenvalue weighted by molar-refractivity contribution is 8.14. The molecule has 0 N–H and O–H groups in total. The number of fused-ring (bicyclic) bond motifs is 1. The third-order valence-electron chi connectivity index (χ3n) is 3.25. The number of carbonyl (C=O) groups excluding carboxylic acids is 1. The first-order chi connectivity index (χ1) is 10.2. The Morgan fingerprint density at radius 1 is 1.29 bits per heavy atom. The van der Waals surface area contributed by atoms with E-state index in [0.717, 1.165) is 22.6 Å². The number of benzene rings is 1. The number of thiophene rings is 1. The van der Waals surface area contributed by atoms with Crippen molar-refractivity contribution in [3.8, 4) is 0 Å². The molecule has 108 valence electrons. The second-order valence-electron chi connectivity index (χ2n) is 4.60. The lowest BCUT2D eigenvalue weighted by Crippen LogP contribution is -1.99. The maximum Gasteiger partial charge on any atom is 0.234 e. The molecular weight excluding hydrogens is 340 g/mol. The van der Waals surface area contributed by atoms with E-state index < -0.39 is 0 Å². The van der Waals surface area contributed by atoms with Crippen LogP contribution < -0.4 is 0 Å². The molecule has 0 spiro atoms. The maximum atomic E-state index is 12.6. The Bertz CT molecular complexity index is 701. The Morgan fingerprint density at radius 3 is 2.76 bits per heavy atom. The summed E-state index contributed by atoms with van der Waals surface area (Å²) < 4.78 is 1.24. The normalized spacial score (nSPS) is 13.2. The van der Waals surface area contributed by atoms with Gasteiger partial charge in [0.15, 0.2) is 0 Å². The summed E-state index contributed by atoms with van der Waals surface area (Å²) in [6.45, 7) is 0. The molecule has 3 rings (SSSR count). The van der Waals surface area contributed by atoms with Crippen molar-refractivity contribution < 1.29 is 4.79 Å². The zero-order chi connectivity index (χ0) is 14.8. The standard InChI is InChI=1S/C16H13ClOS3/c1-19-16-13-5-3-2-4-12(13)14(21-16)15(18)20-11-8-6-10(17)7-9-11/h3,5-9H,2,4H2,1H3. The Balaban J connectivity index is 1.89. The van der Waals surface area contributed by atoms with Crippen molar-refractivity contribution in [2.45, 2.75) is 21.9 Å². The van der Waals surface area contributed by atoms with Crippen molar-refractivity contribution in [1.29, 1.82) is 0 Å². The topological polar surface area (TPSA) is 17.1 Å². The fraction of sp³-hybridized carbons (Fsp3) is 0.188. The predicted molar refractivity (Wildman–Crippen MR) is 95.1 cm³/mol. The number of hydrogen-bond acceptors (Lipinski definition) is 4. The van der Waals surface area contributed by atoms with Crippen LogP contribution in [-0.4, -0.2) is 11.4 Å². The summed E-state index contributed by atoms with van der Waals surface area (Å²) >= 11 is 10.5. The summed E-state index contributed by atoms with van der Waals surface area (Å²) in [6, 6.07) is 7.41. The predicted octanol–water partition coefficient (Wildman–Crippen LogP) is 6.02. The zero-order valence-corrected chi connectivity index (χ0v) is 14.6. The molecule has 0 unspecified atom stereocenters. The molecule has 0 amide bonds. The van der Waals surface area contributed by atoms with E-state index in [1.165, 1.54) is 27.1 Å². The van der Waals surface area contributed by atoms with Gasteiger partial charge in [0.25, 0.3) is 0 Å². The molecule has 2 aromatic rings. The summed E-state index contributed by atoms with van der Waals surface area (Å²) in [5, 5.41) is 0.823. The zero-order valence-electron chi connectivity index (χ0n) is 11.4. The van der Waals surface area contributed by atoms with Gasteiger partial charge in [-0.1, -0.05) is 23.8 Å². The van der Waals surface area contributed by atoms with E-state index in [-0.39, 0.29) is 5.12 Å². The van der Waals surface area contributed by atoms with Gasteiger partial charge in [0.1, 0.15) is 0 Å². The van der Waals surface area contributed by atoms with Gasteiger partial charge in [-0.15, -0.1) is 23.1 Å². The Labute approximate surface area is 141 Å². The summed E-state index contributed by atoms with van der Waals surface area (Å²) in [7, 11) is 0. The molecule has 1 nitrogen and oxygen atoms in total. The molecule has 1 heterocycles. The lowest BCUT2D eigenvalue weighted by atomic mass is 10.0. The van der Waals surface area contributed by atoms with E-state index in [9.17, 15) is 4.79 Å². The van der Waals surface area contributed by atoms with Gasteiger partial charge in [0.05, 0.1) is 9.09 Å². The maximum absolute atomic E-state index is 12.6. The summed E-state index contributed by atoms with van der Waals surface area (Å²) in [5.74, 6) is 0. The largest absolute Gasteiger partial charge is 0.280 e. The minimum atomic E-state index is 0.133. The van der Waals surface area contributed by atoms with Crippen LogP contribution in [0, 0.1) is 0 Å². The summed E-state index contributed by atoms with van der Waals surface area (Å²) in [4.78, 5) is 14.4. The van der Waals surface area contributed by atoms with Crippen molar-refractivity contribution in [2.24, 2.45) is 0 Å². The molecule has 0 saturated heterocycles. The smallest absolute Gasteiger partial charge is 0.234 e. The SMILES string of the molecule is CSc1sc(C(=O)Sc2ccc(Cl)cc2)c2c1C=CCC2. The van der Waals surface area contributed by atoms with Gasteiger partial charge in [0.2, 0.25) is 5.12 Å².